The van der Waals surface area contributed by atoms with Gasteiger partial charge in [0.05, 0.1) is 0 Å². The van der Waals surface area contributed by atoms with Gasteiger partial charge in [-0.25, -0.2) is 0 Å². The van der Waals surface area contributed by atoms with Crippen molar-refractivity contribution in [2.24, 2.45) is 0 Å². The van der Waals surface area contributed by atoms with Crippen LogP contribution in [0, 0.1) is 0 Å². The minimum Gasteiger partial charge on any atom is -0.520 e. The maximum atomic E-state index is 10.6. The van der Waals surface area contributed by atoms with E-state index in [-0.39, 0.29) is 5.97 Å². The molecule has 0 spiro atoms. The Kier molecular flexibility index (Phi) is 2.90. The lowest BCUT2D eigenvalue weighted by Crippen LogP contribution is -2.28. The molecule has 3 heteroatoms. The molecule has 0 N–H and O–H groups in total. The normalized spacial score (nSPS) is 11.1. The molecule has 0 bridgehead atoms. The van der Waals surface area contributed by atoms with Crippen LogP contribution in [0.2, 0.25) is 19.6 Å². The van der Waals surface area contributed by atoms with Gasteiger partial charge in [-0.15, -0.1) is 0 Å². The molecule has 0 rings (SSSR count). The predicted molar refractivity (Wildman–Crippen MR) is 39.7 cm³/mol. The summed E-state index contributed by atoms with van der Waals surface area (Å²) in [6.07, 6.45) is 0.490. The van der Waals surface area contributed by atoms with Crippen molar-refractivity contribution in [1.29, 1.82) is 0 Å². The van der Waals surface area contributed by atoms with Gasteiger partial charge in [-0.3, -0.25) is 4.79 Å². The monoisotopic (exact) mass is 146 g/mol. The van der Waals surface area contributed by atoms with Gasteiger partial charge < -0.3 is 4.43 Å². The van der Waals surface area contributed by atoms with Crippen LogP contribution >= 0.6 is 0 Å². The molecule has 0 amide bonds. The van der Waals surface area contributed by atoms with Crippen molar-refractivity contribution in [2.45, 2.75) is 33.0 Å². The van der Waals surface area contributed by atoms with E-state index in [1.807, 2.05) is 26.6 Å². The molecule has 0 aromatic rings. The van der Waals surface area contributed by atoms with Gasteiger partial charge >= 0.3 is 0 Å². The summed E-state index contributed by atoms with van der Waals surface area (Å²) in [6, 6.07) is 0. The van der Waals surface area contributed by atoms with Crippen molar-refractivity contribution in [3.05, 3.63) is 0 Å². The van der Waals surface area contributed by atoms with Crippen LogP contribution in [0.3, 0.4) is 0 Å². The lowest BCUT2D eigenvalue weighted by atomic mass is 10.5. The first-order chi connectivity index (χ1) is 3.95. The molecule has 0 saturated carbocycles. The van der Waals surface area contributed by atoms with E-state index < -0.39 is 8.32 Å². The van der Waals surface area contributed by atoms with Crippen LogP contribution in [-0.4, -0.2) is 14.3 Å². The summed E-state index contributed by atoms with van der Waals surface area (Å²) in [7, 11) is -1.59. The Morgan fingerprint density at radius 3 is 2.00 bits per heavy atom. The van der Waals surface area contributed by atoms with Crippen molar-refractivity contribution in [1.82, 2.24) is 0 Å². The van der Waals surface area contributed by atoms with Crippen molar-refractivity contribution in [3.63, 3.8) is 0 Å². The molecule has 0 fully saturated rings. The highest BCUT2D eigenvalue weighted by Crippen LogP contribution is 2.03. The molecule has 0 aromatic carbocycles. The summed E-state index contributed by atoms with van der Waals surface area (Å²) in [5.41, 5.74) is 0. The quantitative estimate of drug-likeness (QED) is 0.555. The largest absolute Gasteiger partial charge is 0.520 e. The number of carbonyl (C=O) groups is 1. The van der Waals surface area contributed by atoms with E-state index in [0.717, 1.165) is 0 Å². The molecule has 0 radical (unpaired) electrons. The maximum Gasteiger partial charge on any atom is 0.292 e. The van der Waals surface area contributed by atoms with Gasteiger partial charge in [0, 0.05) is 6.42 Å². The summed E-state index contributed by atoms with van der Waals surface area (Å²) in [4.78, 5) is 10.6. The first-order valence-corrected chi connectivity index (χ1v) is 6.58. The fourth-order valence-corrected chi connectivity index (χ4v) is 1.24. The fraction of sp³-hybridized carbons (Fsp3) is 0.833. The number of hydrogen-bond donors (Lipinski definition) is 0. The zero-order chi connectivity index (χ0) is 7.49. The van der Waals surface area contributed by atoms with Gasteiger partial charge in [0.25, 0.3) is 5.97 Å². The van der Waals surface area contributed by atoms with Gasteiger partial charge in [0.2, 0.25) is 8.32 Å². The molecular formula is C6H14O2Si. The molecule has 54 valence electrons. The number of rotatable bonds is 2. The molecule has 0 heterocycles. The van der Waals surface area contributed by atoms with E-state index in [4.69, 9.17) is 4.43 Å². The van der Waals surface area contributed by atoms with E-state index in [0.29, 0.717) is 6.42 Å². The summed E-state index contributed by atoms with van der Waals surface area (Å²) in [5.74, 6) is -0.0748. The van der Waals surface area contributed by atoms with E-state index >= 15 is 0 Å². The first-order valence-electron chi connectivity index (χ1n) is 3.17. The summed E-state index contributed by atoms with van der Waals surface area (Å²) in [6.45, 7) is 7.81. The van der Waals surface area contributed by atoms with Gasteiger partial charge in [-0.1, -0.05) is 6.92 Å². The Labute approximate surface area is 57.3 Å². The third-order valence-electron chi connectivity index (χ3n) is 0.709. The standard InChI is InChI=1S/C6H14O2Si/c1-5-6(7)8-9(2,3)4/h5H2,1-4H3. The molecule has 0 atom stereocenters. The molecule has 2 nitrogen and oxygen atoms in total. The highest BCUT2D eigenvalue weighted by Gasteiger charge is 2.18. The highest BCUT2D eigenvalue weighted by molar-refractivity contribution is 6.71. The minimum absolute atomic E-state index is 0.0748. The Morgan fingerprint density at radius 2 is 1.89 bits per heavy atom. The van der Waals surface area contributed by atoms with Crippen LogP contribution < -0.4 is 0 Å². The molecule has 0 aromatic heterocycles. The van der Waals surface area contributed by atoms with Gasteiger partial charge in [-0.05, 0) is 19.6 Å². The maximum absolute atomic E-state index is 10.6. The zero-order valence-corrected chi connectivity index (χ0v) is 7.52. The lowest BCUT2D eigenvalue weighted by Gasteiger charge is -2.15. The van der Waals surface area contributed by atoms with E-state index in [1.54, 1.807) is 0 Å². The molecule has 0 saturated heterocycles. The van der Waals surface area contributed by atoms with Gasteiger partial charge in [0.1, 0.15) is 0 Å². The van der Waals surface area contributed by atoms with E-state index in [9.17, 15) is 4.79 Å². The van der Waals surface area contributed by atoms with Crippen molar-refractivity contribution < 1.29 is 9.22 Å². The van der Waals surface area contributed by atoms with Crippen LogP contribution in [0.1, 0.15) is 13.3 Å². The van der Waals surface area contributed by atoms with Crippen LogP contribution in [0.5, 0.6) is 0 Å². The number of hydrogen-bond acceptors (Lipinski definition) is 2. The Balaban J connectivity index is 3.60. The van der Waals surface area contributed by atoms with E-state index in [1.165, 1.54) is 0 Å². The summed E-state index contributed by atoms with van der Waals surface area (Å²) in [5, 5.41) is 0. The van der Waals surface area contributed by atoms with Crippen LogP contribution in [-0.2, 0) is 9.22 Å². The SMILES string of the molecule is CCC(=O)O[Si](C)(C)C. The second-order valence-electron chi connectivity index (χ2n) is 2.94. The Morgan fingerprint density at radius 1 is 1.44 bits per heavy atom. The highest BCUT2D eigenvalue weighted by atomic mass is 28.4. The topological polar surface area (TPSA) is 26.3 Å². The summed E-state index contributed by atoms with van der Waals surface area (Å²) < 4.78 is 5.09. The van der Waals surface area contributed by atoms with Crippen LogP contribution in [0.4, 0.5) is 0 Å². The van der Waals surface area contributed by atoms with Crippen LogP contribution in [0.15, 0.2) is 0 Å². The Hall–Kier alpha value is -0.313. The molecule has 0 unspecified atom stereocenters. The third kappa shape index (κ3) is 5.56. The second-order valence-corrected chi connectivity index (χ2v) is 7.37. The second kappa shape index (κ2) is 3.01. The fourth-order valence-electron chi connectivity index (χ4n) is 0.414. The molecule has 0 aliphatic carbocycles. The van der Waals surface area contributed by atoms with Gasteiger partial charge in [-0.2, -0.15) is 0 Å². The van der Waals surface area contributed by atoms with Crippen molar-refractivity contribution in [2.75, 3.05) is 0 Å². The third-order valence-corrected chi connectivity index (χ3v) is 1.55. The van der Waals surface area contributed by atoms with Crippen molar-refractivity contribution in [3.8, 4) is 0 Å². The van der Waals surface area contributed by atoms with E-state index in [2.05, 4.69) is 0 Å². The van der Waals surface area contributed by atoms with Gasteiger partial charge in [0.15, 0.2) is 0 Å². The molecule has 9 heavy (non-hydrogen) atoms. The van der Waals surface area contributed by atoms with Crippen molar-refractivity contribution >= 4 is 14.3 Å². The zero-order valence-electron chi connectivity index (χ0n) is 6.52. The average molecular weight is 146 g/mol. The predicted octanol–water partition coefficient (Wildman–Crippen LogP) is 1.77. The smallest absolute Gasteiger partial charge is 0.292 e. The molecule has 0 aliphatic rings. The Bertz CT molecular complexity index is 104. The first kappa shape index (κ1) is 8.69. The number of carbonyl (C=O) groups excluding carboxylic acids is 1. The molecular weight excluding hydrogens is 132 g/mol. The lowest BCUT2D eigenvalue weighted by molar-refractivity contribution is -0.134. The molecule has 0 aliphatic heterocycles. The minimum atomic E-state index is -1.59. The average Bonchev–Trinajstić information content (AvgIpc) is 1.62. The summed E-state index contributed by atoms with van der Waals surface area (Å²) >= 11 is 0. The van der Waals surface area contributed by atoms with Crippen LogP contribution in [0.25, 0.3) is 0 Å².